The van der Waals surface area contributed by atoms with Crippen LogP contribution in [0.1, 0.15) is 46.4 Å². The Hall–Kier alpha value is -2.11. The van der Waals surface area contributed by atoms with Crippen LogP contribution in [0, 0.1) is 5.92 Å². The summed E-state index contributed by atoms with van der Waals surface area (Å²) in [7, 11) is 0. The number of ketones is 3. The Kier molecular flexibility index (Phi) is 4.83. The maximum atomic E-state index is 13.0. The third kappa shape index (κ3) is 3.17. The van der Waals surface area contributed by atoms with E-state index in [1.54, 1.807) is 24.3 Å². The zero-order valence-electron chi connectivity index (χ0n) is 14.8. The van der Waals surface area contributed by atoms with Gasteiger partial charge in [-0.1, -0.05) is 24.3 Å². The predicted octanol–water partition coefficient (Wildman–Crippen LogP) is 2.45. The van der Waals surface area contributed by atoms with Crippen molar-refractivity contribution in [2.24, 2.45) is 5.92 Å². The SMILES string of the molecule is O=C1CC2=C(C(=O)c3ccccc3C2=O)C(CCCN2CCOCC2)C1. The molecule has 0 bridgehead atoms. The van der Waals surface area contributed by atoms with Crippen molar-refractivity contribution in [3.8, 4) is 0 Å². The van der Waals surface area contributed by atoms with Crippen molar-refractivity contribution in [2.45, 2.75) is 25.7 Å². The highest BCUT2D eigenvalue weighted by molar-refractivity contribution is 6.28. The lowest BCUT2D eigenvalue weighted by molar-refractivity contribution is -0.119. The van der Waals surface area contributed by atoms with E-state index in [2.05, 4.69) is 4.90 Å². The lowest BCUT2D eigenvalue weighted by Crippen LogP contribution is -2.37. The first-order valence-corrected chi connectivity index (χ1v) is 9.38. The Morgan fingerprint density at radius 3 is 2.42 bits per heavy atom. The van der Waals surface area contributed by atoms with E-state index in [1.165, 1.54) is 0 Å². The predicted molar refractivity (Wildman–Crippen MR) is 96.4 cm³/mol. The minimum absolute atomic E-state index is 0.0564. The summed E-state index contributed by atoms with van der Waals surface area (Å²) in [5.41, 5.74) is 1.98. The molecule has 1 aromatic rings. The van der Waals surface area contributed by atoms with E-state index in [1.807, 2.05) is 0 Å². The lowest BCUT2D eigenvalue weighted by atomic mass is 9.71. The van der Waals surface area contributed by atoms with Crippen LogP contribution in [0.3, 0.4) is 0 Å². The van der Waals surface area contributed by atoms with Gasteiger partial charge >= 0.3 is 0 Å². The molecule has 4 rings (SSSR count). The van der Waals surface area contributed by atoms with E-state index in [0.717, 1.165) is 45.7 Å². The van der Waals surface area contributed by atoms with Gasteiger partial charge in [0.2, 0.25) is 0 Å². The molecule has 0 aromatic heterocycles. The van der Waals surface area contributed by atoms with Gasteiger partial charge in [0.15, 0.2) is 11.6 Å². The van der Waals surface area contributed by atoms with Crippen molar-refractivity contribution < 1.29 is 19.1 Å². The number of morpholine rings is 1. The average Bonchev–Trinajstić information content (AvgIpc) is 2.66. The molecule has 1 heterocycles. The normalized spacial score (nSPS) is 23.8. The van der Waals surface area contributed by atoms with Gasteiger partial charge in [-0.05, 0) is 25.3 Å². The number of ether oxygens (including phenoxy) is 1. The van der Waals surface area contributed by atoms with Gasteiger partial charge in [0, 0.05) is 48.2 Å². The summed E-state index contributed by atoms with van der Waals surface area (Å²) >= 11 is 0. The quantitative estimate of drug-likeness (QED) is 0.832. The zero-order chi connectivity index (χ0) is 18.1. The van der Waals surface area contributed by atoms with Crippen molar-refractivity contribution in [2.75, 3.05) is 32.8 Å². The topological polar surface area (TPSA) is 63.7 Å². The molecule has 1 aliphatic heterocycles. The summed E-state index contributed by atoms with van der Waals surface area (Å²) in [6.45, 7) is 4.34. The van der Waals surface area contributed by atoms with Crippen molar-refractivity contribution in [3.05, 3.63) is 46.5 Å². The summed E-state index contributed by atoms with van der Waals surface area (Å²) in [6.07, 6.45) is 2.16. The molecule has 5 nitrogen and oxygen atoms in total. The largest absolute Gasteiger partial charge is 0.379 e. The molecule has 0 N–H and O–H groups in total. The number of nitrogens with zero attached hydrogens (tertiary/aromatic N) is 1. The zero-order valence-corrected chi connectivity index (χ0v) is 14.8. The molecule has 2 aliphatic carbocycles. The molecule has 1 unspecified atom stereocenters. The molecule has 0 saturated carbocycles. The molecule has 1 fully saturated rings. The summed E-state index contributed by atoms with van der Waals surface area (Å²) in [4.78, 5) is 40.4. The van der Waals surface area contributed by atoms with Gasteiger partial charge in [-0.3, -0.25) is 19.3 Å². The van der Waals surface area contributed by atoms with Gasteiger partial charge in [-0.25, -0.2) is 0 Å². The van der Waals surface area contributed by atoms with Crippen LogP contribution in [-0.2, 0) is 9.53 Å². The fourth-order valence-corrected chi connectivity index (χ4v) is 4.33. The van der Waals surface area contributed by atoms with E-state index >= 15 is 0 Å². The van der Waals surface area contributed by atoms with Crippen LogP contribution in [0.25, 0.3) is 0 Å². The molecule has 1 saturated heterocycles. The standard InChI is InChI=1S/C21H23NO4/c23-15-12-14(4-3-7-22-8-10-26-11-9-22)19-18(13-15)20(24)16-5-1-2-6-17(16)21(19)25/h1-2,5-6,14H,3-4,7-13H2. The Balaban J connectivity index is 1.54. The number of hydrogen-bond acceptors (Lipinski definition) is 5. The van der Waals surface area contributed by atoms with Crippen LogP contribution < -0.4 is 0 Å². The third-order valence-electron chi connectivity index (χ3n) is 5.65. The Labute approximate surface area is 153 Å². The molecule has 0 amide bonds. The lowest BCUT2D eigenvalue weighted by Gasteiger charge is -2.31. The first-order valence-electron chi connectivity index (χ1n) is 9.38. The number of benzene rings is 1. The molecular formula is C21H23NO4. The monoisotopic (exact) mass is 353 g/mol. The molecule has 1 aromatic carbocycles. The highest BCUT2D eigenvalue weighted by atomic mass is 16.5. The van der Waals surface area contributed by atoms with Gasteiger partial charge < -0.3 is 4.74 Å². The van der Waals surface area contributed by atoms with Crippen LogP contribution in [0.4, 0.5) is 0 Å². The van der Waals surface area contributed by atoms with Crippen molar-refractivity contribution in [1.82, 2.24) is 4.90 Å². The smallest absolute Gasteiger partial charge is 0.190 e. The number of hydrogen-bond donors (Lipinski definition) is 0. The fourth-order valence-electron chi connectivity index (χ4n) is 4.33. The van der Waals surface area contributed by atoms with E-state index in [-0.39, 0.29) is 29.7 Å². The summed E-state index contributed by atoms with van der Waals surface area (Å²) < 4.78 is 5.36. The van der Waals surface area contributed by atoms with Gasteiger partial charge in [0.1, 0.15) is 5.78 Å². The van der Waals surface area contributed by atoms with E-state index < -0.39 is 0 Å². The second-order valence-corrected chi connectivity index (χ2v) is 7.31. The second-order valence-electron chi connectivity index (χ2n) is 7.31. The minimum atomic E-state index is -0.138. The van der Waals surface area contributed by atoms with Crippen LogP contribution >= 0.6 is 0 Å². The van der Waals surface area contributed by atoms with Gasteiger partial charge in [-0.15, -0.1) is 0 Å². The first-order chi connectivity index (χ1) is 12.6. The minimum Gasteiger partial charge on any atom is -0.379 e. The Bertz CT molecular complexity index is 789. The van der Waals surface area contributed by atoms with Crippen LogP contribution in [0.2, 0.25) is 0 Å². The number of carbonyl (C=O) groups excluding carboxylic acids is 3. The molecule has 136 valence electrons. The maximum Gasteiger partial charge on any atom is 0.190 e. The molecule has 1 atom stereocenters. The van der Waals surface area contributed by atoms with E-state index in [4.69, 9.17) is 4.74 Å². The van der Waals surface area contributed by atoms with Crippen LogP contribution in [-0.4, -0.2) is 55.1 Å². The van der Waals surface area contributed by atoms with Crippen molar-refractivity contribution >= 4 is 17.3 Å². The van der Waals surface area contributed by atoms with Crippen LogP contribution in [0.5, 0.6) is 0 Å². The Morgan fingerprint density at radius 2 is 1.69 bits per heavy atom. The van der Waals surface area contributed by atoms with Crippen LogP contribution in [0.15, 0.2) is 35.4 Å². The van der Waals surface area contributed by atoms with Crippen molar-refractivity contribution in [1.29, 1.82) is 0 Å². The average molecular weight is 353 g/mol. The van der Waals surface area contributed by atoms with Gasteiger partial charge in [0.05, 0.1) is 13.2 Å². The number of fused-ring (bicyclic) bond motifs is 1. The molecule has 3 aliphatic rings. The summed E-state index contributed by atoms with van der Waals surface area (Å²) in [5.74, 6) is -0.252. The van der Waals surface area contributed by atoms with E-state index in [9.17, 15) is 14.4 Å². The van der Waals surface area contributed by atoms with Gasteiger partial charge in [0.25, 0.3) is 0 Å². The van der Waals surface area contributed by atoms with Crippen molar-refractivity contribution in [3.63, 3.8) is 0 Å². The third-order valence-corrected chi connectivity index (χ3v) is 5.65. The van der Waals surface area contributed by atoms with Gasteiger partial charge in [-0.2, -0.15) is 0 Å². The molecule has 0 radical (unpaired) electrons. The summed E-state index contributed by atoms with van der Waals surface area (Å²) in [5, 5.41) is 0. The molecule has 5 heteroatoms. The number of Topliss-reactive ketones (excluding diaryl/α,β-unsaturated/α-hetero) is 3. The maximum absolute atomic E-state index is 13.0. The number of rotatable bonds is 4. The van der Waals surface area contributed by atoms with E-state index in [0.29, 0.717) is 28.7 Å². The fraction of sp³-hybridized carbons (Fsp3) is 0.476. The molecule has 26 heavy (non-hydrogen) atoms. The highest BCUT2D eigenvalue weighted by Gasteiger charge is 2.39. The molecule has 0 spiro atoms. The number of allylic oxidation sites excluding steroid dienone is 2. The molecular weight excluding hydrogens is 330 g/mol. The second kappa shape index (κ2) is 7.25. The highest BCUT2D eigenvalue weighted by Crippen LogP contribution is 2.39. The first kappa shape index (κ1) is 17.3. The number of carbonyl (C=O) groups is 3. The Morgan fingerprint density at radius 1 is 1.00 bits per heavy atom. The summed E-state index contributed by atoms with van der Waals surface area (Å²) in [6, 6.07) is 6.96.